The Morgan fingerprint density at radius 2 is 2.10 bits per heavy atom. The SMILES string of the molecule is CCOC(=O)c1nc(-c2cc(Br)cc(C(F)(F)F)c2)no1. The molecule has 0 fully saturated rings. The first-order chi connectivity index (χ1) is 9.81. The summed E-state index contributed by atoms with van der Waals surface area (Å²) in [4.78, 5) is 15.1. The highest BCUT2D eigenvalue weighted by Crippen LogP contribution is 2.34. The van der Waals surface area contributed by atoms with Crippen molar-refractivity contribution in [2.75, 3.05) is 6.61 Å². The molecular formula is C12H8BrF3N2O3. The molecule has 0 bridgehead atoms. The number of alkyl halides is 3. The van der Waals surface area contributed by atoms with Crippen molar-refractivity contribution in [3.8, 4) is 11.4 Å². The molecular weight excluding hydrogens is 357 g/mol. The normalized spacial score (nSPS) is 11.5. The molecule has 0 atom stereocenters. The van der Waals surface area contributed by atoms with Gasteiger partial charge < -0.3 is 9.26 Å². The van der Waals surface area contributed by atoms with Crippen molar-refractivity contribution < 1.29 is 27.2 Å². The second-order valence-corrected chi connectivity index (χ2v) is 4.79. The number of rotatable bonds is 3. The lowest BCUT2D eigenvalue weighted by molar-refractivity contribution is -0.137. The van der Waals surface area contributed by atoms with E-state index in [1.807, 2.05) is 0 Å². The van der Waals surface area contributed by atoms with E-state index in [9.17, 15) is 18.0 Å². The highest BCUT2D eigenvalue weighted by atomic mass is 79.9. The molecule has 0 aliphatic rings. The van der Waals surface area contributed by atoms with Crippen LogP contribution in [0.1, 0.15) is 23.2 Å². The van der Waals surface area contributed by atoms with Crippen LogP contribution in [0.2, 0.25) is 0 Å². The molecule has 1 heterocycles. The Bertz CT molecular complexity index is 670. The number of ether oxygens (including phenoxy) is 1. The zero-order valence-electron chi connectivity index (χ0n) is 10.6. The van der Waals surface area contributed by atoms with Gasteiger partial charge >= 0.3 is 18.0 Å². The number of aromatic nitrogens is 2. The average molecular weight is 365 g/mol. The maximum absolute atomic E-state index is 12.7. The molecule has 1 aromatic heterocycles. The van der Waals surface area contributed by atoms with Gasteiger partial charge in [-0.15, -0.1) is 0 Å². The third-order valence-electron chi connectivity index (χ3n) is 2.36. The number of halogens is 4. The fourth-order valence-corrected chi connectivity index (χ4v) is 1.99. The minimum absolute atomic E-state index is 0.0657. The number of esters is 1. The fourth-order valence-electron chi connectivity index (χ4n) is 1.50. The van der Waals surface area contributed by atoms with Crippen molar-refractivity contribution >= 4 is 21.9 Å². The summed E-state index contributed by atoms with van der Waals surface area (Å²) in [5.74, 6) is -1.38. The minimum Gasteiger partial charge on any atom is -0.459 e. The lowest BCUT2D eigenvalue weighted by atomic mass is 10.1. The number of carbonyl (C=O) groups is 1. The quantitative estimate of drug-likeness (QED) is 0.777. The Morgan fingerprint density at radius 3 is 2.71 bits per heavy atom. The number of hydrogen-bond donors (Lipinski definition) is 0. The smallest absolute Gasteiger partial charge is 0.416 e. The van der Waals surface area contributed by atoms with Crippen LogP contribution >= 0.6 is 15.9 Å². The van der Waals surface area contributed by atoms with E-state index in [1.165, 1.54) is 6.07 Å². The second-order valence-electron chi connectivity index (χ2n) is 3.87. The second kappa shape index (κ2) is 5.84. The first kappa shape index (κ1) is 15.5. The Kier molecular flexibility index (Phi) is 4.31. The molecule has 0 saturated carbocycles. The summed E-state index contributed by atoms with van der Waals surface area (Å²) in [6.07, 6.45) is -4.51. The standard InChI is InChI=1S/C12H8BrF3N2O3/c1-2-20-11(19)10-17-9(18-21-10)6-3-7(12(14,15)16)5-8(13)4-6/h3-5H,2H2,1H3. The number of nitrogens with zero attached hydrogens (tertiary/aromatic N) is 2. The Hall–Kier alpha value is -1.90. The molecule has 0 N–H and O–H groups in total. The summed E-state index contributed by atoms with van der Waals surface area (Å²) in [6.45, 7) is 1.71. The van der Waals surface area contributed by atoms with E-state index in [-0.39, 0.29) is 22.5 Å². The van der Waals surface area contributed by atoms with Gasteiger partial charge in [-0.2, -0.15) is 18.2 Å². The Balaban J connectivity index is 2.39. The van der Waals surface area contributed by atoms with Gasteiger partial charge in [-0.25, -0.2) is 4.79 Å². The summed E-state index contributed by atoms with van der Waals surface area (Å²) in [7, 11) is 0. The predicted molar refractivity (Wildman–Crippen MR) is 68.4 cm³/mol. The molecule has 0 unspecified atom stereocenters. The van der Waals surface area contributed by atoms with E-state index in [1.54, 1.807) is 6.92 Å². The van der Waals surface area contributed by atoms with E-state index < -0.39 is 23.6 Å². The van der Waals surface area contributed by atoms with Gasteiger partial charge in [0, 0.05) is 10.0 Å². The van der Waals surface area contributed by atoms with E-state index >= 15 is 0 Å². The molecule has 0 spiro atoms. The van der Waals surface area contributed by atoms with Gasteiger partial charge in [0.05, 0.1) is 12.2 Å². The van der Waals surface area contributed by atoms with E-state index in [4.69, 9.17) is 0 Å². The van der Waals surface area contributed by atoms with E-state index in [0.29, 0.717) is 0 Å². The monoisotopic (exact) mass is 364 g/mol. The number of carbonyl (C=O) groups excluding carboxylic acids is 1. The van der Waals surface area contributed by atoms with Crippen molar-refractivity contribution in [3.05, 3.63) is 34.1 Å². The Morgan fingerprint density at radius 1 is 1.38 bits per heavy atom. The number of benzene rings is 1. The molecule has 0 radical (unpaired) electrons. The first-order valence-electron chi connectivity index (χ1n) is 5.70. The van der Waals surface area contributed by atoms with Crippen LogP contribution in [0, 0.1) is 0 Å². The van der Waals surface area contributed by atoms with Crippen LogP contribution < -0.4 is 0 Å². The fraction of sp³-hybridized carbons (Fsp3) is 0.250. The van der Waals surface area contributed by atoms with Gasteiger partial charge in [0.15, 0.2) is 0 Å². The molecule has 2 rings (SSSR count). The molecule has 0 aliphatic carbocycles. The van der Waals surface area contributed by atoms with Crippen LogP contribution in [-0.2, 0) is 10.9 Å². The molecule has 21 heavy (non-hydrogen) atoms. The van der Waals surface area contributed by atoms with Gasteiger partial charge in [0.2, 0.25) is 5.82 Å². The van der Waals surface area contributed by atoms with Crippen molar-refractivity contribution in [2.45, 2.75) is 13.1 Å². The average Bonchev–Trinajstić information content (AvgIpc) is 2.87. The first-order valence-corrected chi connectivity index (χ1v) is 6.49. The van der Waals surface area contributed by atoms with Crippen LogP contribution in [0.4, 0.5) is 13.2 Å². The molecule has 1 aromatic carbocycles. The third kappa shape index (κ3) is 3.60. The van der Waals surface area contributed by atoms with E-state index in [0.717, 1.165) is 12.1 Å². The zero-order chi connectivity index (χ0) is 15.6. The minimum atomic E-state index is -4.51. The highest BCUT2D eigenvalue weighted by molar-refractivity contribution is 9.10. The maximum Gasteiger partial charge on any atom is 0.416 e. The van der Waals surface area contributed by atoms with Gasteiger partial charge in [-0.3, -0.25) is 0 Å². The van der Waals surface area contributed by atoms with Crippen LogP contribution in [0.3, 0.4) is 0 Å². The maximum atomic E-state index is 12.7. The highest BCUT2D eigenvalue weighted by Gasteiger charge is 2.31. The topological polar surface area (TPSA) is 65.2 Å². The molecule has 0 saturated heterocycles. The van der Waals surface area contributed by atoms with Crippen molar-refractivity contribution in [3.63, 3.8) is 0 Å². The van der Waals surface area contributed by atoms with Crippen molar-refractivity contribution in [1.29, 1.82) is 0 Å². The molecule has 0 amide bonds. The third-order valence-corrected chi connectivity index (χ3v) is 2.82. The lowest BCUT2D eigenvalue weighted by Gasteiger charge is -2.08. The van der Waals surface area contributed by atoms with Gasteiger partial charge in [-0.1, -0.05) is 21.1 Å². The van der Waals surface area contributed by atoms with Crippen molar-refractivity contribution in [1.82, 2.24) is 10.1 Å². The summed E-state index contributed by atoms with van der Waals surface area (Å²) in [5, 5.41) is 3.48. The molecule has 5 nitrogen and oxygen atoms in total. The molecule has 0 aliphatic heterocycles. The number of hydrogen-bond acceptors (Lipinski definition) is 5. The summed E-state index contributed by atoms with van der Waals surface area (Å²) in [6, 6.07) is 3.18. The van der Waals surface area contributed by atoms with E-state index in [2.05, 4.69) is 35.3 Å². The summed E-state index contributed by atoms with van der Waals surface area (Å²) in [5.41, 5.74) is -0.801. The summed E-state index contributed by atoms with van der Waals surface area (Å²) < 4.78 is 47.7. The Labute approximate surface area is 125 Å². The zero-order valence-corrected chi connectivity index (χ0v) is 12.2. The van der Waals surface area contributed by atoms with Gasteiger partial charge in [0.25, 0.3) is 0 Å². The lowest BCUT2D eigenvalue weighted by Crippen LogP contribution is -2.05. The van der Waals surface area contributed by atoms with Crippen LogP contribution in [0.5, 0.6) is 0 Å². The molecule has 2 aromatic rings. The van der Waals surface area contributed by atoms with Crippen LogP contribution in [0.25, 0.3) is 11.4 Å². The van der Waals surface area contributed by atoms with Crippen LogP contribution in [0.15, 0.2) is 27.2 Å². The molecule has 9 heteroatoms. The molecule has 112 valence electrons. The van der Waals surface area contributed by atoms with Crippen LogP contribution in [-0.4, -0.2) is 22.7 Å². The predicted octanol–water partition coefficient (Wildman–Crippen LogP) is 3.69. The van der Waals surface area contributed by atoms with Gasteiger partial charge in [0.1, 0.15) is 0 Å². The summed E-state index contributed by atoms with van der Waals surface area (Å²) >= 11 is 2.99. The van der Waals surface area contributed by atoms with Gasteiger partial charge in [-0.05, 0) is 25.1 Å². The van der Waals surface area contributed by atoms with Crippen molar-refractivity contribution in [2.24, 2.45) is 0 Å². The largest absolute Gasteiger partial charge is 0.459 e.